The number of rotatable bonds is 3. The Morgan fingerprint density at radius 1 is 1.16 bits per heavy atom. The maximum atomic E-state index is 12.4. The van der Waals surface area contributed by atoms with E-state index in [1.807, 2.05) is 30.3 Å². The Balaban J connectivity index is 0.00000180. The molecule has 6 heteroatoms. The maximum Gasteiger partial charge on any atom is 0.401 e. The lowest BCUT2D eigenvalue weighted by Gasteiger charge is -2.17. The molecule has 1 aromatic carbocycles. The van der Waals surface area contributed by atoms with Gasteiger partial charge in [-0.2, -0.15) is 13.2 Å². The van der Waals surface area contributed by atoms with Crippen molar-refractivity contribution in [2.45, 2.75) is 12.1 Å². The van der Waals surface area contributed by atoms with Gasteiger partial charge in [0.25, 0.3) is 0 Å². The van der Waals surface area contributed by atoms with Gasteiger partial charge in [-0.3, -0.25) is 4.90 Å². The Morgan fingerprint density at radius 3 is 2.32 bits per heavy atom. The van der Waals surface area contributed by atoms with E-state index in [9.17, 15) is 13.2 Å². The minimum atomic E-state index is -4.13. The third-order valence-corrected chi connectivity index (χ3v) is 3.45. The SMILES string of the molecule is Cl.NC[C@@H]1CN(CC(F)(F)F)C[C@H]1c1ccccc1. The van der Waals surface area contributed by atoms with Crippen LogP contribution in [0, 0.1) is 5.92 Å². The van der Waals surface area contributed by atoms with Crippen molar-refractivity contribution in [3.63, 3.8) is 0 Å². The van der Waals surface area contributed by atoms with Crippen LogP contribution < -0.4 is 5.73 Å². The van der Waals surface area contributed by atoms with Crippen LogP contribution in [0.5, 0.6) is 0 Å². The second kappa shape index (κ2) is 6.59. The third kappa shape index (κ3) is 4.37. The largest absolute Gasteiger partial charge is 0.401 e. The van der Waals surface area contributed by atoms with Crippen molar-refractivity contribution in [3.05, 3.63) is 35.9 Å². The highest BCUT2D eigenvalue weighted by Gasteiger charge is 2.38. The Kier molecular flexibility index (Phi) is 5.64. The molecule has 0 spiro atoms. The van der Waals surface area contributed by atoms with Gasteiger partial charge in [0.2, 0.25) is 0 Å². The minimum absolute atomic E-state index is 0. The summed E-state index contributed by atoms with van der Waals surface area (Å²) in [5.74, 6) is 0.216. The summed E-state index contributed by atoms with van der Waals surface area (Å²) in [6, 6.07) is 9.66. The Hall–Kier alpha value is -0.780. The van der Waals surface area contributed by atoms with E-state index in [1.165, 1.54) is 4.90 Å². The third-order valence-electron chi connectivity index (χ3n) is 3.45. The van der Waals surface area contributed by atoms with Crippen LogP contribution in [0.3, 0.4) is 0 Å². The molecule has 1 fully saturated rings. The number of likely N-dealkylation sites (tertiary alicyclic amines) is 1. The zero-order valence-electron chi connectivity index (χ0n) is 10.4. The van der Waals surface area contributed by atoms with Crippen LogP contribution in [0.25, 0.3) is 0 Å². The van der Waals surface area contributed by atoms with E-state index in [1.54, 1.807) is 0 Å². The summed E-state index contributed by atoms with van der Waals surface area (Å²) in [6.07, 6.45) is -4.13. The van der Waals surface area contributed by atoms with Crippen molar-refractivity contribution < 1.29 is 13.2 Å². The summed E-state index contributed by atoms with van der Waals surface area (Å²) in [5.41, 5.74) is 6.76. The van der Waals surface area contributed by atoms with Crippen molar-refractivity contribution in [2.24, 2.45) is 11.7 Å². The monoisotopic (exact) mass is 294 g/mol. The first-order valence-corrected chi connectivity index (χ1v) is 6.03. The standard InChI is InChI=1S/C13H17F3N2.ClH/c14-13(15,16)9-18-7-11(6-17)12(8-18)10-4-2-1-3-5-10;/h1-5,11-12H,6-9,17H2;1H/t11-,12+;/m1./s1. The van der Waals surface area contributed by atoms with E-state index in [2.05, 4.69) is 0 Å². The molecule has 0 radical (unpaired) electrons. The Bertz CT molecular complexity index is 383. The number of hydrogen-bond donors (Lipinski definition) is 1. The van der Waals surface area contributed by atoms with E-state index in [0.29, 0.717) is 19.6 Å². The molecular weight excluding hydrogens is 277 g/mol. The molecule has 1 aliphatic heterocycles. The van der Waals surface area contributed by atoms with Crippen LogP contribution in [-0.4, -0.2) is 37.3 Å². The fourth-order valence-electron chi connectivity index (χ4n) is 2.66. The van der Waals surface area contributed by atoms with Gasteiger partial charge in [-0.1, -0.05) is 30.3 Å². The number of nitrogens with zero attached hydrogens (tertiary/aromatic N) is 1. The van der Waals surface area contributed by atoms with Gasteiger partial charge in [0.05, 0.1) is 6.54 Å². The molecule has 19 heavy (non-hydrogen) atoms. The smallest absolute Gasteiger partial charge is 0.330 e. The van der Waals surface area contributed by atoms with E-state index in [0.717, 1.165) is 5.56 Å². The molecule has 1 aromatic rings. The van der Waals surface area contributed by atoms with Gasteiger partial charge < -0.3 is 5.73 Å². The van der Waals surface area contributed by atoms with E-state index in [4.69, 9.17) is 5.73 Å². The summed E-state index contributed by atoms with van der Waals surface area (Å²) in [5, 5.41) is 0. The molecule has 2 nitrogen and oxygen atoms in total. The first-order valence-electron chi connectivity index (χ1n) is 6.03. The maximum absolute atomic E-state index is 12.4. The van der Waals surface area contributed by atoms with Gasteiger partial charge in [-0.15, -0.1) is 12.4 Å². The van der Waals surface area contributed by atoms with Crippen LogP contribution in [0.4, 0.5) is 13.2 Å². The molecule has 0 aliphatic carbocycles. The van der Waals surface area contributed by atoms with Crippen molar-refractivity contribution in [1.29, 1.82) is 0 Å². The highest BCUT2D eigenvalue weighted by Crippen LogP contribution is 2.33. The van der Waals surface area contributed by atoms with Crippen LogP contribution >= 0.6 is 12.4 Å². The fraction of sp³-hybridized carbons (Fsp3) is 0.538. The Labute approximate surface area is 117 Å². The van der Waals surface area contributed by atoms with E-state index >= 15 is 0 Å². The number of alkyl halides is 3. The van der Waals surface area contributed by atoms with Crippen molar-refractivity contribution in [1.82, 2.24) is 4.90 Å². The second-order valence-corrected chi connectivity index (χ2v) is 4.82. The van der Waals surface area contributed by atoms with Gasteiger partial charge in [0.1, 0.15) is 0 Å². The van der Waals surface area contributed by atoms with Gasteiger partial charge in [-0.25, -0.2) is 0 Å². The quantitative estimate of drug-likeness (QED) is 0.928. The van der Waals surface area contributed by atoms with E-state index in [-0.39, 0.29) is 24.2 Å². The first kappa shape index (κ1) is 16.3. The van der Waals surface area contributed by atoms with Gasteiger partial charge in [-0.05, 0) is 18.0 Å². The summed E-state index contributed by atoms with van der Waals surface area (Å²) in [7, 11) is 0. The lowest BCUT2D eigenvalue weighted by molar-refractivity contribution is -0.143. The highest BCUT2D eigenvalue weighted by molar-refractivity contribution is 5.85. The molecule has 0 aromatic heterocycles. The molecule has 2 N–H and O–H groups in total. The van der Waals surface area contributed by atoms with Gasteiger partial charge in [0, 0.05) is 19.0 Å². The van der Waals surface area contributed by atoms with E-state index < -0.39 is 12.7 Å². The number of hydrogen-bond acceptors (Lipinski definition) is 2. The van der Waals surface area contributed by atoms with Crippen LogP contribution in [0.15, 0.2) is 30.3 Å². The first-order chi connectivity index (χ1) is 8.49. The lowest BCUT2D eigenvalue weighted by Crippen LogP contribution is -2.33. The van der Waals surface area contributed by atoms with Crippen LogP contribution in [0.2, 0.25) is 0 Å². The molecule has 1 heterocycles. The topological polar surface area (TPSA) is 29.3 Å². The van der Waals surface area contributed by atoms with Gasteiger partial charge in [0.15, 0.2) is 0 Å². The van der Waals surface area contributed by atoms with Crippen molar-refractivity contribution in [2.75, 3.05) is 26.2 Å². The second-order valence-electron chi connectivity index (χ2n) is 4.82. The molecule has 1 saturated heterocycles. The molecular formula is C13H18ClF3N2. The van der Waals surface area contributed by atoms with Crippen LogP contribution in [0.1, 0.15) is 11.5 Å². The van der Waals surface area contributed by atoms with Crippen LogP contribution in [-0.2, 0) is 0 Å². The molecule has 0 bridgehead atoms. The number of nitrogens with two attached hydrogens (primary N) is 1. The molecule has 0 saturated carbocycles. The molecule has 2 rings (SSSR count). The summed E-state index contributed by atoms with van der Waals surface area (Å²) in [4.78, 5) is 1.45. The summed E-state index contributed by atoms with van der Waals surface area (Å²) < 4.78 is 37.2. The fourth-order valence-corrected chi connectivity index (χ4v) is 2.66. The predicted octanol–water partition coefficient (Wildman–Crippen LogP) is 2.64. The van der Waals surface area contributed by atoms with Crippen molar-refractivity contribution in [3.8, 4) is 0 Å². The average molecular weight is 295 g/mol. The molecule has 0 amide bonds. The predicted molar refractivity (Wildman–Crippen MR) is 71.5 cm³/mol. The van der Waals surface area contributed by atoms with Crippen molar-refractivity contribution >= 4 is 12.4 Å². The zero-order chi connectivity index (χ0) is 13.2. The number of benzene rings is 1. The number of halogens is 4. The zero-order valence-corrected chi connectivity index (χ0v) is 11.3. The minimum Gasteiger partial charge on any atom is -0.330 e. The highest BCUT2D eigenvalue weighted by atomic mass is 35.5. The molecule has 1 aliphatic rings. The molecule has 108 valence electrons. The lowest BCUT2D eigenvalue weighted by atomic mass is 9.89. The summed E-state index contributed by atoms with van der Waals surface area (Å²) in [6.45, 7) is 0.446. The summed E-state index contributed by atoms with van der Waals surface area (Å²) >= 11 is 0. The normalized spacial score (nSPS) is 24.2. The average Bonchev–Trinajstić information content (AvgIpc) is 2.71. The van der Waals surface area contributed by atoms with Gasteiger partial charge >= 0.3 is 6.18 Å². The molecule has 0 unspecified atom stereocenters. The Morgan fingerprint density at radius 2 is 1.79 bits per heavy atom. The molecule has 2 atom stereocenters.